The van der Waals surface area contributed by atoms with Crippen LogP contribution >= 0.6 is 0 Å². The molecule has 0 amide bonds. The average Bonchev–Trinajstić information content (AvgIpc) is 2.67. The van der Waals surface area contributed by atoms with Crippen molar-refractivity contribution in [3.63, 3.8) is 0 Å². The third-order valence-corrected chi connectivity index (χ3v) is 5.92. The molecule has 2 fully saturated rings. The zero-order valence-electron chi connectivity index (χ0n) is 15.3. The van der Waals surface area contributed by atoms with E-state index in [-0.39, 0.29) is 5.54 Å². The normalized spacial score (nSPS) is 21.3. The Labute approximate surface area is 150 Å². The van der Waals surface area contributed by atoms with Crippen molar-refractivity contribution >= 4 is 16.6 Å². The summed E-state index contributed by atoms with van der Waals surface area (Å²) in [7, 11) is 0. The van der Waals surface area contributed by atoms with Crippen molar-refractivity contribution in [1.29, 1.82) is 0 Å². The zero-order chi connectivity index (χ0) is 17.1. The van der Waals surface area contributed by atoms with Crippen LogP contribution < -0.4 is 5.32 Å². The van der Waals surface area contributed by atoms with Crippen molar-refractivity contribution in [3.8, 4) is 0 Å². The van der Waals surface area contributed by atoms with Gasteiger partial charge in [-0.1, -0.05) is 37.5 Å². The molecule has 25 heavy (non-hydrogen) atoms. The van der Waals surface area contributed by atoms with Gasteiger partial charge in [0, 0.05) is 41.9 Å². The predicted octanol–water partition coefficient (Wildman–Crippen LogP) is 3.99. The van der Waals surface area contributed by atoms with Crippen molar-refractivity contribution in [2.24, 2.45) is 0 Å². The largest absolute Gasteiger partial charge is 0.383 e. The maximum absolute atomic E-state index is 5.60. The maximum Gasteiger partial charge on any atom is 0.0725 e. The third kappa shape index (κ3) is 3.51. The minimum atomic E-state index is 0.278. The second-order valence-corrected chi connectivity index (χ2v) is 7.57. The number of anilines is 1. The topological polar surface area (TPSA) is 37.4 Å². The number of hydrogen-bond donors (Lipinski definition) is 1. The molecule has 2 aliphatic rings. The molecule has 0 radical (unpaired) electrons. The second-order valence-electron chi connectivity index (χ2n) is 7.57. The van der Waals surface area contributed by atoms with Crippen LogP contribution in [0.1, 0.15) is 37.8 Å². The van der Waals surface area contributed by atoms with Crippen LogP contribution in [0.3, 0.4) is 0 Å². The van der Waals surface area contributed by atoms with E-state index in [1.54, 1.807) is 0 Å². The summed E-state index contributed by atoms with van der Waals surface area (Å²) in [6, 6.07) is 10.6. The lowest BCUT2D eigenvalue weighted by Crippen LogP contribution is -2.58. The highest BCUT2D eigenvalue weighted by atomic mass is 16.5. The van der Waals surface area contributed by atoms with Crippen molar-refractivity contribution < 1.29 is 4.74 Å². The number of hydrogen-bond acceptors (Lipinski definition) is 4. The van der Waals surface area contributed by atoms with Crippen LogP contribution in [0.15, 0.2) is 30.3 Å². The van der Waals surface area contributed by atoms with E-state index < -0.39 is 0 Å². The van der Waals surface area contributed by atoms with Gasteiger partial charge >= 0.3 is 0 Å². The molecule has 1 saturated heterocycles. The Balaban J connectivity index is 1.59. The van der Waals surface area contributed by atoms with Gasteiger partial charge in [-0.3, -0.25) is 9.88 Å². The summed E-state index contributed by atoms with van der Waals surface area (Å²) in [4.78, 5) is 7.36. The Morgan fingerprint density at radius 3 is 2.68 bits per heavy atom. The SMILES string of the molecule is Cc1cc(NCC2(N3CCOCC3)CCCCC2)c2ccccc2n1. The van der Waals surface area contributed by atoms with Crippen LogP contribution in [0.2, 0.25) is 0 Å². The van der Waals surface area contributed by atoms with Crippen LogP contribution in [-0.2, 0) is 4.74 Å². The third-order valence-electron chi connectivity index (χ3n) is 5.92. The quantitative estimate of drug-likeness (QED) is 0.914. The summed E-state index contributed by atoms with van der Waals surface area (Å²) in [6.45, 7) is 6.98. The molecule has 4 rings (SSSR count). The monoisotopic (exact) mass is 339 g/mol. The molecule has 1 aliphatic carbocycles. The Hall–Kier alpha value is -1.65. The molecule has 4 heteroatoms. The van der Waals surface area contributed by atoms with Crippen LogP contribution in [-0.4, -0.2) is 48.3 Å². The number of nitrogens with zero attached hydrogens (tertiary/aromatic N) is 2. The van der Waals surface area contributed by atoms with E-state index in [1.807, 2.05) is 0 Å². The van der Waals surface area contributed by atoms with Gasteiger partial charge in [-0.15, -0.1) is 0 Å². The molecule has 134 valence electrons. The van der Waals surface area contributed by atoms with E-state index in [1.165, 1.54) is 43.2 Å². The number of para-hydroxylation sites is 1. The Kier molecular flexibility index (Phi) is 4.91. The first-order chi connectivity index (χ1) is 12.3. The molecule has 1 saturated carbocycles. The molecular formula is C21H29N3O. The van der Waals surface area contributed by atoms with E-state index >= 15 is 0 Å². The van der Waals surface area contributed by atoms with E-state index in [0.717, 1.165) is 44.1 Å². The fourth-order valence-electron chi connectivity index (χ4n) is 4.57. The summed E-state index contributed by atoms with van der Waals surface area (Å²) in [5.41, 5.74) is 3.65. The van der Waals surface area contributed by atoms with Crippen molar-refractivity contribution in [3.05, 3.63) is 36.0 Å². The number of aryl methyl sites for hydroxylation is 1. The standard InChI is InChI=1S/C21H29N3O/c1-17-15-20(18-7-3-4-8-19(18)23-17)22-16-21(9-5-2-6-10-21)24-11-13-25-14-12-24/h3-4,7-8,15H,2,5-6,9-14,16H2,1H3,(H,22,23). The van der Waals surface area contributed by atoms with Gasteiger partial charge in [-0.25, -0.2) is 0 Å². The number of ether oxygens (including phenoxy) is 1. The second kappa shape index (κ2) is 7.30. The van der Waals surface area contributed by atoms with Crippen LogP contribution in [0.25, 0.3) is 10.9 Å². The van der Waals surface area contributed by atoms with Crippen LogP contribution in [0.4, 0.5) is 5.69 Å². The molecule has 0 bridgehead atoms. The van der Waals surface area contributed by atoms with Gasteiger partial charge < -0.3 is 10.1 Å². The first-order valence-corrected chi connectivity index (χ1v) is 9.70. The van der Waals surface area contributed by atoms with Gasteiger partial charge in [-0.05, 0) is 31.9 Å². The fourth-order valence-corrected chi connectivity index (χ4v) is 4.57. The van der Waals surface area contributed by atoms with E-state index in [4.69, 9.17) is 4.74 Å². The Morgan fingerprint density at radius 1 is 1.12 bits per heavy atom. The van der Waals surface area contributed by atoms with Gasteiger partial charge in [0.1, 0.15) is 0 Å². The molecule has 4 nitrogen and oxygen atoms in total. The number of pyridine rings is 1. The minimum absolute atomic E-state index is 0.278. The molecule has 0 spiro atoms. The lowest BCUT2D eigenvalue weighted by molar-refractivity contribution is -0.0318. The first kappa shape index (κ1) is 16.8. The van der Waals surface area contributed by atoms with Gasteiger partial charge in [0.25, 0.3) is 0 Å². The summed E-state index contributed by atoms with van der Waals surface area (Å²) in [5, 5.41) is 5.04. The summed E-state index contributed by atoms with van der Waals surface area (Å²) >= 11 is 0. The summed E-state index contributed by atoms with van der Waals surface area (Å²) < 4.78 is 5.60. The first-order valence-electron chi connectivity index (χ1n) is 9.70. The van der Waals surface area contributed by atoms with Gasteiger partial charge in [0.15, 0.2) is 0 Å². The minimum Gasteiger partial charge on any atom is -0.383 e. The van der Waals surface area contributed by atoms with Crippen molar-refractivity contribution in [1.82, 2.24) is 9.88 Å². The lowest BCUT2D eigenvalue weighted by atomic mass is 9.79. The number of fused-ring (bicyclic) bond motifs is 1. The smallest absolute Gasteiger partial charge is 0.0725 e. The highest BCUT2D eigenvalue weighted by Crippen LogP contribution is 2.35. The lowest BCUT2D eigenvalue weighted by Gasteiger charge is -2.48. The number of rotatable bonds is 4. The van der Waals surface area contributed by atoms with Crippen molar-refractivity contribution in [2.45, 2.75) is 44.6 Å². The van der Waals surface area contributed by atoms with Crippen molar-refractivity contribution in [2.75, 3.05) is 38.2 Å². The zero-order valence-corrected chi connectivity index (χ0v) is 15.3. The Bertz CT molecular complexity index is 718. The molecule has 1 N–H and O–H groups in total. The molecule has 2 aromatic rings. The van der Waals surface area contributed by atoms with E-state index in [0.29, 0.717) is 0 Å². The van der Waals surface area contributed by atoms with Crippen LogP contribution in [0, 0.1) is 6.92 Å². The van der Waals surface area contributed by atoms with Crippen LogP contribution in [0.5, 0.6) is 0 Å². The number of aromatic nitrogens is 1. The van der Waals surface area contributed by atoms with Gasteiger partial charge in [-0.2, -0.15) is 0 Å². The highest BCUT2D eigenvalue weighted by Gasteiger charge is 2.38. The molecule has 1 aliphatic heterocycles. The van der Waals surface area contributed by atoms with E-state index in [2.05, 4.69) is 52.5 Å². The number of benzene rings is 1. The number of morpholine rings is 1. The Morgan fingerprint density at radius 2 is 1.88 bits per heavy atom. The molecular weight excluding hydrogens is 310 g/mol. The summed E-state index contributed by atoms with van der Waals surface area (Å²) in [5.74, 6) is 0. The van der Waals surface area contributed by atoms with Gasteiger partial charge in [0.05, 0.1) is 18.7 Å². The van der Waals surface area contributed by atoms with Gasteiger partial charge in [0.2, 0.25) is 0 Å². The molecule has 1 aromatic heterocycles. The molecule has 2 heterocycles. The summed E-state index contributed by atoms with van der Waals surface area (Å²) in [6.07, 6.45) is 6.65. The highest BCUT2D eigenvalue weighted by molar-refractivity contribution is 5.91. The molecule has 1 aromatic carbocycles. The average molecular weight is 339 g/mol. The maximum atomic E-state index is 5.60. The molecule has 0 unspecified atom stereocenters. The predicted molar refractivity (Wildman–Crippen MR) is 103 cm³/mol. The molecule has 0 atom stereocenters. The fraction of sp³-hybridized carbons (Fsp3) is 0.571. The number of nitrogens with one attached hydrogen (secondary N) is 1. The van der Waals surface area contributed by atoms with E-state index in [9.17, 15) is 0 Å².